The first-order chi connectivity index (χ1) is 12.6. The van der Waals surface area contributed by atoms with Gasteiger partial charge in [0, 0.05) is 18.3 Å². The highest BCUT2D eigenvalue weighted by Gasteiger charge is 2.06. The molecule has 2 aromatic rings. The van der Waals surface area contributed by atoms with E-state index in [0.717, 1.165) is 17.7 Å². The first-order valence-electron chi connectivity index (χ1n) is 8.11. The summed E-state index contributed by atoms with van der Waals surface area (Å²) < 4.78 is 21.0. The normalized spacial score (nSPS) is 10.6. The second-order valence-electron chi connectivity index (χ2n) is 5.40. The van der Waals surface area contributed by atoms with Crippen LogP contribution in [-0.2, 0) is 6.42 Å². The van der Waals surface area contributed by atoms with Crippen LogP contribution < -0.4 is 30.0 Å². The lowest BCUT2D eigenvalue weighted by molar-refractivity contribution is 0.354. The third-order valence-corrected chi connectivity index (χ3v) is 3.79. The van der Waals surface area contributed by atoms with Crippen molar-refractivity contribution in [3.05, 3.63) is 42.0 Å². The molecule has 0 aromatic heterocycles. The second-order valence-corrected chi connectivity index (χ2v) is 5.40. The third kappa shape index (κ3) is 6.38. The van der Waals surface area contributed by atoms with Crippen LogP contribution in [0.3, 0.4) is 0 Å². The van der Waals surface area contributed by atoms with E-state index in [1.165, 1.54) is 0 Å². The van der Waals surface area contributed by atoms with Crippen LogP contribution in [0, 0.1) is 0 Å². The summed E-state index contributed by atoms with van der Waals surface area (Å²) in [6, 6.07) is 11.2. The zero-order valence-electron chi connectivity index (χ0n) is 15.9. The van der Waals surface area contributed by atoms with E-state index in [2.05, 4.69) is 10.3 Å². The lowest BCUT2D eigenvalue weighted by Gasteiger charge is -2.11. The van der Waals surface area contributed by atoms with Gasteiger partial charge in [0.2, 0.25) is 0 Å². The van der Waals surface area contributed by atoms with Gasteiger partial charge in [-0.15, -0.1) is 24.0 Å². The van der Waals surface area contributed by atoms with Gasteiger partial charge >= 0.3 is 0 Å². The molecule has 0 saturated carbocycles. The molecule has 7 nitrogen and oxygen atoms in total. The van der Waals surface area contributed by atoms with Crippen molar-refractivity contribution in [2.45, 2.75) is 6.42 Å². The molecule has 0 saturated heterocycles. The Balaban J connectivity index is 0.00000364. The van der Waals surface area contributed by atoms with Crippen LogP contribution in [0.1, 0.15) is 5.56 Å². The molecule has 0 aliphatic carbocycles. The van der Waals surface area contributed by atoms with Gasteiger partial charge in [-0.2, -0.15) is 0 Å². The molecule has 148 valence electrons. The van der Waals surface area contributed by atoms with E-state index in [4.69, 9.17) is 24.7 Å². The van der Waals surface area contributed by atoms with Gasteiger partial charge in [-0.1, -0.05) is 6.07 Å². The van der Waals surface area contributed by atoms with Crippen LogP contribution in [-0.4, -0.2) is 40.9 Å². The maximum absolute atomic E-state index is 5.96. The number of guanidine groups is 1. The lowest BCUT2D eigenvalue weighted by Crippen LogP contribution is -2.23. The van der Waals surface area contributed by atoms with Crippen molar-refractivity contribution in [1.29, 1.82) is 0 Å². The molecule has 0 heterocycles. The predicted octanol–water partition coefficient (Wildman–Crippen LogP) is 3.31. The molecule has 8 heteroatoms. The number of nitrogens with two attached hydrogens (primary N) is 1. The fourth-order valence-electron chi connectivity index (χ4n) is 2.44. The molecule has 27 heavy (non-hydrogen) atoms. The number of hydrogen-bond donors (Lipinski definition) is 2. The number of nitrogens with zero attached hydrogens (tertiary/aromatic N) is 1. The smallest absolute Gasteiger partial charge is 0.193 e. The van der Waals surface area contributed by atoms with E-state index in [1.807, 2.05) is 24.3 Å². The molecule has 0 aliphatic rings. The fraction of sp³-hybridized carbons (Fsp3) is 0.316. The van der Waals surface area contributed by atoms with Crippen molar-refractivity contribution < 1.29 is 18.9 Å². The van der Waals surface area contributed by atoms with Crippen molar-refractivity contribution in [3.8, 4) is 23.0 Å². The van der Waals surface area contributed by atoms with Crippen molar-refractivity contribution in [2.75, 3.05) is 40.3 Å². The quantitative estimate of drug-likeness (QED) is 0.338. The van der Waals surface area contributed by atoms with Gasteiger partial charge in [-0.05, 0) is 36.2 Å². The van der Waals surface area contributed by atoms with E-state index in [-0.39, 0.29) is 24.0 Å². The van der Waals surface area contributed by atoms with E-state index in [0.29, 0.717) is 35.5 Å². The molecule has 0 aliphatic heterocycles. The maximum Gasteiger partial charge on any atom is 0.193 e. The van der Waals surface area contributed by atoms with Crippen molar-refractivity contribution >= 4 is 35.6 Å². The molecule has 3 N–H and O–H groups in total. The Hall–Kier alpha value is -2.36. The predicted molar refractivity (Wildman–Crippen MR) is 118 cm³/mol. The Morgan fingerprint density at radius 1 is 0.852 bits per heavy atom. The topological polar surface area (TPSA) is 87.3 Å². The summed E-state index contributed by atoms with van der Waals surface area (Å²) in [6.45, 7) is 0.543. The van der Waals surface area contributed by atoms with Crippen LogP contribution in [0.15, 0.2) is 41.4 Å². The standard InChI is InChI=1S/C19H25N3O4.HI/c1-23-15-7-5-13(11-17(15)25-3)9-10-21-19(20)22-14-6-8-16(24-2)18(12-14)26-4;/h5-8,11-12H,9-10H2,1-4H3,(H3,20,21,22);1H. The van der Waals surface area contributed by atoms with Crippen LogP contribution in [0.5, 0.6) is 23.0 Å². The number of ether oxygens (including phenoxy) is 4. The molecular weight excluding hydrogens is 461 g/mol. The molecule has 2 aromatic carbocycles. The second kappa shape index (κ2) is 11.4. The summed E-state index contributed by atoms with van der Waals surface area (Å²) in [5.41, 5.74) is 7.82. The van der Waals surface area contributed by atoms with E-state index < -0.39 is 0 Å². The van der Waals surface area contributed by atoms with E-state index in [9.17, 15) is 0 Å². The number of methoxy groups -OCH3 is 4. The van der Waals surface area contributed by atoms with Gasteiger partial charge in [0.1, 0.15) is 0 Å². The average Bonchev–Trinajstić information content (AvgIpc) is 2.67. The fourth-order valence-corrected chi connectivity index (χ4v) is 2.44. The first kappa shape index (κ1) is 22.7. The third-order valence-electron chi connectivity index (χ3n) is 3.79. The Bertz CT molecular complexity index is 769. The number of rotatable bonds is 8. The molecular formula is C19H26IN3O4. The summed E-state index contributed by atoms with van der Waals surface area (Å²) in [7, 11) is 6.41. The van der Waals surface area contributed by atoms with Gasteiger partial charge in [0.05, 0.1) is 28.4 Å². The number of benzene rings is 2. The van der Waals surface area contributed by atoms with E-state index in [1.54, 1.807) is 40.6 Å². The van der Waals surface area contributed by atoms with Gasteiger partial charge in [0.25, 0.3) is 0 Å². The molecule has 0 bridgehead atoms. The van der Waals surface area contributed by atoms with Crippen molar-refractivity contribution in [1.82, 2.24) is 0 Å². The molecule has 0 amide bonds. The summed E-state index contributed by atoms with van der Waals surface area (Å²) >= 11 is 0. The Morgan fingerprint density at radius 2 is 1.41 bits per heavy atom. The molecule has 0 atom stereocenters. The summed E-state index contributed by atoms with van der Waals surface area (Å²) in [5, 5.41) is 3.04. The minimum Gasteiger partial charge on any atom is -0.493 e. The van der Waals surface area contributed by atoms with Gasteiger partial charge in [-0.3, -0.25) is 4.99 Å². The zero-order chi connectivity index (χ0) is 18.9. The molecule has 2 rings (SSSR count). The first-order valence-corrected chi connectivity index (χ1v) is 8.11. The molecule has 0 fully saturated rings. The van der Waals surface area contributed by atoms with Crippen LogP contribution in [0.2, 0.25) is 0 Å². The van der Waals surface area contributed by atoms with Crippen LogP contribution in [0.25, 0.3) is 0 Å². The minimum atomic E-state index is 0. The highest BCUT2D eigenvalue weighted by atomic mass is 127. The Labute approximate surface area is 176 Å². The highest BCUT2D eigenvalue weighted by molar-refractivity contribution is 14.0. The minimum absolute atomic E-state index is 0. The maximum atomic E-state index is 5.96. The van der Waals surface area contributed by atoms with Gasteiger partial charge < -0.3 is 30.0 Å². The monoisotopic (exact) mass is 487 g/mol. The summed E-state index contributed by atoms with van der Waals surface area (Å²) in [6.07, 6.45) is 0.731. The SMILES string of the molecule is COc1ccc(CCN=C(N)Nc2ccc(OC)c(OC)c2)cc1OC.I. The van der Waals surface area contributed by atoms with Crippen LogP contribution in [0.4, 0.5) is 5.69 Å². The average molecular weight is 487 g/mol. The number of nitrogens with one attached hydrogen (secondary N) is 1. The zero-order valence-corrected chi connectivity index (χ0v) is 18.3. The van der Waals surface area contributed by atoms with Crippen LogP contribution >= 0.6 is 24.0 Å². The molecule has 0 radical (unpaired) electrons. The number of aliphatic imine (C=N–C) groups is 1. The van der Waals surface area contributed by atoms with Crippen molar-refractivity contribution in [2.24, 2.45) is 10.7 Å². The molecule has 0 unspecified atom stereocenters. The number of halogens is 1. The lowest BCUT2D eigenvalue weighted by atomic mass is 10.1. The summed E-state index contributed by atoms with van der Waals surface area (Å²) in [5.74, 6) is 3.01. The van der Waals surface area contributed by atoms with Gasteiger partial charge in [0.15, 0.2) is 29.0 Å². The van der Waals surface area contributed by atoms with Crippen molar-refractivity contribution in [3.63, 3.8) is 0 Å². The summed E-state index contributed by atoms with van der Waals surface area (Å²) in [4.78, 5) is 4.35. The number of anilines is 1. The number of hydrogen-bond acceptors (Lipinski definition) is 5. The van der Waals surface area contributed by atoms with Gasteiger partial charge in [-0.25, -0.2) is 0 Å². The largest absolute Gasteiger partial charge is 0.493 e. The highest BCUT2D eigenvalue weighted by Crippen LogP contribution is 2.30. The Morgan fingerprint density at radius 3 is 2.00 bits per heavy atom. The molecule has 0 spiro atoms. The Kier molecular flexibility index (Phi) is 9.55. The van der Waals surface area contributed by atoms with E-state index >= 15 is 0 Å².